The van der Waals surface area contributed by atoms with Gasteiger partial charge in [-0.05, 0) is 43.2 Å². The average Bonchev–Trinajstić information content (AvgIpc) is 2.50. The molecule has 0 saturated heterocycles. The van der Waals surface area contributed by atoms with Crippen LogP contribution in [-0.4, -0.2) is 17.7 Å². The highest BCUT2D eigenvalue weighted by Gasteiger charge is 2.13. The smallest absolute Gasteiger partial charge is 0.233 e. The van der Waals surface area contributed by atoms with Crippen LogP contribution < -0.4 is 5.32 Å². The minimum atomic E-state index is -0.0994. The topological polar surface area (TPSA) is 29.1 Å². The number of rotatable bonds is 6. The molecule has 0 aliphatic rings. The molecule has 0 fully saturated rings. The number of amides is 1. The molecule has 1 amide bonds. The van der Waals surface area contributed by atoms with Crippen molar-refractivity contribution in [2.75, 3.05) is 6.54 Å². The Balaban J connectivity index is 1.75. The molecule has 2 nitrogen and oxygen atoms in total. The van der Waals surface area contributed by atoms with Gasteiger partial charge in [-0.25, -0.2) is 0 Å². The SMILES string of the molecule is CC(Sc1ccccc1)C(=O)NCCc1ccc(Cl)cc1. The van der Waals surface area contributed by atoms with Crippen LogP contribution >= 0.6 is 23.4 Å². The predicted octanol–water partition coefficient (Wildman–Crippen LogP) is 4.18. The van der Waals surface area contributed by atoms with E-state index in [4.69, 9.17) is 11.6 Å². The maximum absolute atomic E-state index is 12.0. The maximum atomic E-state index is 12.0. The van der Waals surface area contributed by atoms with Gasteiger partial charge in [0.2, 0.25) is 5.91 Å². The number of nitrogens with one attached hydrogen (secondary N) is 1. The Kier molecular flexibility index (Phi) is 6.15. The first-order valence-electron chi connectivity index (χ1n) is 6.89. The number of hydrogen-bond donors (Lipinski definition) is 1. The average molecular weight is 320 g/mol. The summed E-state index contributed by atoms with van der Waals surface area (Å²) in [6.07, 6.45) is 0.811. The summed E-state index contributed by atoms with van der Waals surface area (Å²) in [4.78, 5) is 13.1. The first-order valence-corrected chi connectivity index (χ1v) is 8.15. The van der Waals surface area contributed by atoms with E-state index in [0.717, 1.165) is 16.3 Å². The lowest BCUT2D eigenvalue weighted by Gasteiger charge is -2.12. The zero-order chi connectivity index (χ0) is 15.1. The Labute approximate surface area is 134 Å². The second-order valence-electron chi connectivity index (χ2n) is 4.74. The van der Waals surface area contributed by atoms with E-state index in [9.17, 15) is 4.79 Å². The summed E-state index contributed by atoms with van der Waals surface area (Å²) >= 11 is 7.41. The van der Waals surface area contributed by atoms with Gasteiger partial charge in [0.1, 0.15) is 0 Å². The van der Waals surface area contributed by atoms with Gasteiger partial charge in [-0.1, -0.05) is 41.9 Å². The van der Waals surface area contributed by atoms with E-state index in [0.29, 0.717) is 6.54 Å². The third-order valence-corrected chi connectivity index (χ3v) is 4.42. The molecule has 0 aliphatic carbocycles. The molecule has 0 radical (unpaired) electrons. The maximum Gasteiger partial charge on any atom is 0.233 e. The molecule has 2 rings (SSSR count). The van der Waals surface area contributed by atoms with Crippen molar-refractivity contribution in [3.8, 4) is 0 Å². The summed E-state index contributed by atoms with van der Waals surface area (Å²) in [6.45, 7) is 2.56. The van der Waals surface area contributed by atoms with Gasteiger partial charge in [0.15, 0.2) is 0 Å². The fourth-order valence-electron chi connectivity index (χ4n) is 1.88. The Hall–Kier alpha value is -1.45. The fraction of sp³-hybridized carbons (Fsp3) is 0.235. The van der Waals surface area contributed by atoms with Crippen molar-refractivity contribution in [2.24, 2.45) is 0 Å². The van der Waals surface area contributed by atoms with Gasteiger partial charge in [-0.3, -0.25) is 4.79 Å². The second-order valence-corrected chi connectivity index (χ2v) is 6.59. The minimum Gasteiger partial charge on any atom is -0.355 e. The summed E-state index contributed by atoms with van der Waals surface area (Å²) in [7, 11) is 0. The highest BCUT2D eigenvalue weighted by atomic mass is 35.5. The number of carbonyl (C=O) groups is 1. The lowest BCUT2D eigenvalue weighted by atomic mass is 10.1. The standard InChI is InChI=1S/C17H18ClNOS/c1-13(21-16-5-3-2-4-6-16)17(20)19-12-11-14-7-9-15(18)10-8-14/h2-10,13H,11-12H2,1H3,(H,19,20). The zero-order valence-electron chi connectivity index (χ0n) is 11.9. The minimum absolute atomic E-state index is 0.0674. The van der Waals surface area contributed by atoms with Crippen LogP contribution in [-0.2, 0) is 11.2 Å². The lowest BCUT2D eigenvalue weighted by molar-refractivity contribution is -0.120. The number of carbonyl (C=O) groups excluding carboxylic acids is 1. The van der Waals surface area contributed by atoms with Gasteiger partial charge >= 0.3 is 0 Å². The van der Waals surface area contributed by atoms with Crippen LogP contribution in [0.5, 0.6) is 0 Å². The molecular weight excluding hydrogens is 302 g/mol. The monoisotopic (exact) mass is 319 g/mol. The van der Waals surface area contributed by atoms with Crippen molar-refractivity contribution < 1.29 is 4.79 Å². The highest BCUT2D eigenvalue weighted by Crippen LogP contribution is 2.22. The lowest BCUT2D eigenvalue weighted by Crippen LogP contribution is -2.32. The van der Waals surface area contributed by atoms with E-state index in [1.54, 1.807) is 11.8 Å². The van der Waals surface area contributed by atoms with Crippen molar-refractivity contribution >= 4 is 29.3 Å². The molecule has 2 aromatic rings. The summed E-state index contributed by atoms with van der Waals surface area (Å²) in [5, 5.41) is 3.61. The molecular formula is C17H18ClNOS. The van der Waals surface area contributed by atoms with Crippen LogP contribution in [0.2, 0.25) is 5.02 Å². The highest BCUT2D eigenvalue weighted by molar-refractivity contribution is 8.00. The van der Waals surface area contributed by atoms with E-state index in [-0.39, 0.29) is 11.2 Å². The number of halogens is 1. The molecule has 0 spiro atoms. The molecule has 2 aromatic carbocycles. The summed E-state index contributed by atoms with van der Waals surface area (Å²) in [5.74, 6) is 0.0674. The molecule has 0 heterocycles. The molecule has 0 aliphatic heterocycles. The van der Waals surface area contributed by atoms with Crippen LogP contribution in [0.4, 0.5) is 0 Å². The largest absolute Gasteiger partial charge is 0.355 e. The van der Waals surface area contributed by atoms with Gasteiger partial charge in [0.05, 0.1) is 5.25 Å². The third-order valence-electron chi connectivity index (χ3n) is 3.05. The number of hydrogen-bond acceptors (Lipinski definition) is 2. The van der Waals surface area contributed by atoms with E-state index in [2.05, 4.69) is 5.32 Å². The van der Waals surface area contributed by atoms with Crippen LogP contribution in [0.1, 0.15) is 12.5 Å². The summed E-state index contributed by atoms with van der Waals surface area (Å²) in [5.41, 5.74) is 1.17. The molecule has 0 bridgehead atoms. The van der Waals surface area contributed by atoms with Crippen LogP contribution in [0.15, 0.2) is 59.5 Å². The van der Waals surface area contributed by atoms with Crippen molar-refractivity contribution in [1.82, 2.24) is 5.32 Å². The fourth-order valence-corrected chi connectivity index (χ4v) is 2.92. The van der Waals surface area contributed by atoms with Crippen molar-refractivity contribution in [3.63, 3.8) is 0 Å². The molecule has 4 heteroatoms. The van der Waals surface area contributed by atoms with Gasteiger partial charge in [0, 0.05) is 16.5 Å². The Bertz CT molecular complexity index is 571. The van der Waals surface area contributed by atoms with E-state index in [1.807, 2.05) is 61.5 Å². The van der Waals surface area contributed by atoms with Gasteiger partial charge in [-0.2, -0.15) is 0 Å². The first-order chi connectivity index (χ1) is 10.1. The van der Waals surface area contributed by atoms with Crippen LogP contribution in [0.25, 0.3) is 0 Å². The summed E-state index contributed by atoms with van der Waals surface area (Å²) < 4.78 is 0. The normalized spacial score (nSPS) is 11.9. The van der Waals surface area contributed by atoms with Gasteiger partial charge < -0.3 is 5.32 Å². The Morgan fingerprint density at radius 3 is 2.48 bits per heavy atom. The van der Waals surface area contributed by atoms with Crippen LogP contribution in [0, 0.1) is 0 Å². The quantitative estimate of drug-likeness (QED) is 0.809. The van der Waals surface area contributed by atoms with Crippen molar-refractivity contribution in [3.05, 3.63) is 65.2 Å². The third kappa shape index (κ3) is 5.44. The van der Waals surface area contributed by atoms with Gasteiger partial charge in [0.25, 0.3) is 0 Å². The van der Waals surface area contributed by atoms with E-state index in [1.165, 1.54) is 5.56 Å². The molecule has 110 valence electrons. The molecule has 1 atom stereocenters. The van der Waals surface area contributed by atoms with Gasteiger partial charge in [-0.15, -0.1) is 11.8 Å². The zero-order valence-corrected chi connectivity index (χ0v) is 13.5. The molecule has 1 N–H and O–H groups in total. The Morgan fingerprint density at radius 1 is 1.14 bits per heavy atom. The second kappa shape index (κ2) is 8.11. The van der Waals surface area contributed by atoms with Crippen molar-refractivity contribution in [2.45, 2.75) is 23.5 Å². The molecule has 0 aromatic heterocycles. The van der Waals surface area contributed by atoms with Crippen molar-refractivity contribution in [1.29, 1.82) is 0 Å². The summed E-state index contributed by atoms with van der Waals surface area (Å²) in [6, 6.07) is 17.7. The molecule has 21 heavy (non-hydrogen) atoms. The Morgan fingerprint density at radius 2 is 1.81 bits per heavy atom. The van der Waals surface area contributed by atoms with E-state index >= 15 is 0 Å². The predicted molar refractivity (Wildman–Crippen MR) is 89.9 cm³/mol. The van der Waals surface area contributed by atoms with Crippen LogP contribution in [0.3, 0.4) is 0 Å². The number of thioether (sulfide) groups is 1. The number of benzene rings is 2. The molecule has 1 unspecified atom stereocenters. The van der Waals surface area contributed by atoms with E-state index < -0.39 is 0 Å². The molecule has 0 saturated carbocycles. The first kappa shape index (κ1) is 15.9.